The molecule has 176 valence electrons. The number of anilines is 2. The highest BCUT2D eigenvalue weighted by atomic mass is 35.5. The van der Waals surface area contributed by atoms with Crippen molar-refractivity contribution in [3.05, 3.63) is 84.0 Å². The molecule has 0 saturated heterocycles. The van der Waals surface area contributed by atoms with Crippen LogP contribution in [0.5, 0.6) is 0 Å². The Labute approximate surface area is 206 Å². The maximum Gasteiger partial charge on any atom is 0.332 e. The largest absolute Gasteiger partial charge is 0.332 e. The third kappa shape index (κ3) is 3.63. The number of fused-ring (bicyclic) bond motifs is 3. The fourth-order valence-electron chi connectivity index (χ4n) is 4.58. The van der Waals surface area contributed by atoms with E-state index in [-0.39, 0.29) is 18.0 Å². The predicted octanol–water partition coefficient (Wildman–Crippen LogP) is 4.66. The van der Waals surface area contributed by atoms with Gasteiger partial charge in [0, 0.05) is 35.9 Å². The van der Waals surface area contributed by atoms with Gasteiger partial charge in [0.15, 0.2) is 11.2 Å². The highest BCUT2D eigenvalue weighted by molar-refractivity contribution is 6.35. The van der Waals surface area contributed by atoms with E-state index in [1.807, 2.05) is 4.57 Å². The first-order valence-electron chi connectivity index (χ1n) is 11.1. The first-order valence-corrected chi connectivity index (χ1v) is 11.9. The Kier molecular flexibility index (Phi) is 5.57. The Hall–Kier alpha value is -3.03. The zero-order chi connectivity index (χ0) is 24.3. The van der Waals surface area contributed by atoms with Crippen LogP contribution in [0.15, 0.2) is 46.0 Å². The van der Waals surface area contributed by atoms with Crippen molar-refractivity contribution in [2.75, 3.05) is 11.4 Å². The minimum absolute atomic E-state index is 0.0500. The first-order chi connectivity index (χ1) is 16.2. The number of aryl methyl sites for hydroxylation is 3. The lowest BCUT2D eigenvalue weighted by Gasteiger charge is -2.33. The van der Waals surface area contributed by atoms with Gasteiger partial charge in [0.25, 0.3) is 5.56 Å². The van der Waals surface area contributed by atoms with Crippen LogP contribution in [0.2, 0.25) is 10.0 Å². The van der Waals surface area contributed by atoms with Gasteiger partial charge in [-0.1, -0.05) is 42.3 Å². The second kappa shape index (κ2) is 8.32. The van der Waals surface area contributed by atoms with Gasteiger partial charge in [0.1, 0.15) is 0 Å². The van der Waals surface area contributed by atoms with Gasteiger partial charge in [-0.25, -0.2) is 4.79 Å². The lowest BCUT2D eigenvalue weighted by molar-refractivity contribution is 0.458. The number of hydrogen-bond acceptors (Lipinski definition) is 4. The third-order valence-corrected chi connectivity index (χ3v) is 7.17. The van der Waals surface area contributed by atoms with E-state index in [0.29, 0.717) is 39.3 Å². The molecule has 0 fully saturated rings. The van der Waals surface area contributed by atoms with Crippen LogP contribution in [0.4, 0.5) is 11.6 Å². The van der Waals surface area contributed by atoms with Crippen LogP contribution in [-0.4, -0.2) is 25.2 Å². The number of hydrogen-bond donors (Lipinski definition) is 0. The molecule has 0 saturated carbocycles. The molecular formula is C25H25Cl2N5O2. The summed E-state index contributed by atoms with van der Waals surface area (Å²) in [6.45, 7) is 7.78. The Balaban J connectivity index is 1.71. The summed E-state index contributed by atoms with van der Waals surface area (Å²) in [5, 5.41) is 0.904. The highest BCUT2D eigenvalue weighted by Crippen LogP contribution is 2.33. The lowest BCUT2D eigenvalue weighted by atomic mass is 10.1. The summed E-state index contributed by atoms with van der Waals surface area (Å²) >= 11 is 12.3. The van der Waals surface area contributed by atoms with Crippen molar-refractivity contribution in [1.29, 1.82) is 0 Å². The van der Waals surface area contributed by atoms with Crippen LogP contribution in [-0.2, 0) is 20.1 Å². The van der Waals surface area contributed by atoms with E-state index in [1.54, 1.807) is 25.2 Å². The van der Waals surface area contributed by atoms with E-state index >= 15 is 0 Å². The maximum absolute atomic E-state index is 13.7. The van der Waals surface area contributed by atoms with Crippen molar-refractivity contribution in [2.24, 2.45) is 13.0 Å². The molecule has 0 N–H and O–H groups in total. The van der Waals surface area contributed by atoms with E-state index < -0.39 is 5.69 Å². The summed E-state index contributed by atoms with van der Waals surface area (Å²) in [5.74, 6) is 0.952. The maximum atomic E-state index is 13.7. The van der Waals surface area contributed by atoms with Gasteiger partial charge in [-0.3, -0.25) is 13.9 Å². The summed E-state index contributed by atoms with van der Waals surface area (Å²) in [6.07, 6.45) is 0. The molecule has 0 unspecified atom stereocenters. The quantitative estimate of drug-likeness (QED) is 0.412. The van der Waals surface area contributed by atoms with Gasteiger partial charge in [-0.05, 0) is 60.7 Å². The fourth-order valence-corrected chi connectivity index (χ4v) is 5.04. The Bertz CT molecular complexity index is 1570. The number of aromatic nitrogens is 4. The normalized spacial score (nSPS) is 15.7. The van der Waals surface area contributed by atoms with Crippen molar-refractivity contribution in [3.63, 3.8) is 0 Å². The van der Waals surface area contributed by atoms with Gasteiger partial charge in [-0.15, -0.1) is 0 Å². The van der Waals surface area contributed by atoms with Crippen molar-refractivity contribution in [3.8, 4) is 0 Å². The molecule has 0 radical (unpaired) electrons. The summed E-state index contributed by atoms with van der Waals surface area (Å²) in [6, 6.07) is 11.3. The van der Waals surface area contributed by atoms with Crippen molar-refractivity contribution >= 4 is 46.0 Å². The lowest BCUT2D eigenvalue weighted by Crippen LogP contribution is -2.40. The first kappa shape index (κ1) is 22.7. The van der Waals surface area contributed by atoms with Crippen molar-refractivity contribution < 1.29 is 0 Å². The molecule has 1 atom stereocenters. The Morgan fingerprint density at radius 1 is 1.03 bits per heavy atom. The van der Waals surface area contributed by atoms with E-state index in [0.717, 1.165) is 12.2 Å². The van der Waals surface area contributed by atoms with Crippen molar-refractivity contribution in [2.45, 2.75) is 33.9 Å². The molecule has 3 heterocycles. The van der Waals surface area contributed by atoms with Crippen LogP contribution >= 0.6 is 23.2 Å². The number of nitrogens with zero attached hydrogens (tertiary/aromatic N) is 5. The average molecular weight is 498 g/mol. The number of imidazole rings is 1. The SMILES string of the molecule is Cc1ccc(N2C[C@@H](C)Cn3c2nc2c3c(=O)n(Cc3ccc(Cl)cc3Cl)c(=O)n2C)cc1C. The van der Waals surface area contributed by atoms with Crippen LogP contribution < -0.4 is 16.1 Å². The van der Waals surface area contributed by atoms with E-state index in [4.69, 9.17) is 28.2 Å². The topological polar surface area (TPSA) is 65.1 Å². The molecule has 1 aliphatic rings. The zero-order valence-electron chi connectivity index (χ0n) is 19.5. The highest BCUT2D eigenvalue weighted by Gasteiger charge is 2.30. The number of rotatable bonds is 3. The molecule has 0 aliphatic carbocycles. The van der Waals surface area contributed by atoms with Crippen LogP contribution in [0, 0.1) is 19.8 Å². The molecule has 9 heteroatoms. The molecule has 2 aromatic heterocycles. The van der Waals surface area contributed by atoms with Gasteiger partial charge < -0.3 is 9.47 Å². The summed E-state index contributed by atoms with van der Waals surface area (Å²) in [5.41, 5.74) is 4.05. The molecule has 1 aliphatic heterocycles. The minimum Gasteiger partial charge on any atom is -0.312 e. The Morgan fingerprint density at radius 2 is 1.79 bits per heavy atom. The fraction of sp³-hybridized carbons (Fsp3) is 0.320. The molecular weight excluding hydrogens is 473 g/mol. The average Bonchev–Trinajstić information content (AvgIpc) is 3.17. The second-order valence-electron chi connectivity index (χ2n) is 9.15. The van der Waals surface area contributed by atoms with Gasteiger partial charge in [0.2, 0.25) is 5.95 Å². The monoisotopic (exact) mass is 497 g/mol. The molecule has 5 rings (SSSR count). The van der Waals surface area contributed by atoms with Crippen LogP contribution in [0.25, 0.3) is 11.2 Å². The van der Waals surface area contributed by atoms with E-state index in [2.05, 4.69) is 43.9 Å². The van der Waals surface area contributed by atoms with Crippen molar-refractivity contribution in [1.82, 2.24) is 18.7 Å². The summed E-state index contributed by atoms with van der Waals surface area (Å²) < 4.78 is 4.60. The molecule has 0 spiro atoms. The molecule has 4 aromatic rings. The van der Waals surface area contributed by atoms with Crippen LogP contribution in [0.3, 0.4) is 0 Å². The molecule has 7 nitrogen and oxygen atoms in total. The predicted molar refractivity (Wildman–Crippen MR) is 137 cm³/mol. The molecule has 2 aromatic carbocycles. The smallest absolute Gasteiger partial charge is 0.312 e. The minimum atomic E-state index is -0.440. The Morgan fingerprint density at radius 3 is 2.50 bits per heavy atom. The van der Waals surface area contributed by atoms with Gasteiger partial charge >= 0.3 is 5.69 Å². The van der Waals surface area contributed by atoms with Crippen LogP contribution in [0.1, 0.15) is 23.6 Å². The third-order valence-electron chi connectivity index (χ3n) is 6.59. The van der Waals surface area contributed by atoms with Gasteiger partial charge in [-0.2, -0.15) is 4.98 Å². The standard InChI is InChI=1S/C25H25Cl2N5O2/c1-14-11-30(19-8-5-15(2)16(3)9-19)24-28-22-21(31(24)12-14)23(33)32(25(34)29(22)4)13-17-6-7-18(26)10-20(17)27/h5-10,14H,11-13H2,1-4H3/t14-/m1/s1. The molecule has 34 heavy (non-hydrogen) atoms. The number of halogens is 2. The van der Waals surface area contributed by atoms with Gasteiger partial charge in [0.05, 0.1) is 6.54 Å². The number of benzene rings is 2. The summed E-state index contributed by atoms with van der Waals surface area (Å²) in [7, 11) is 1.65. The zero-order valence-corrected chi connectivity index (χ0v) is 21.0. The molecule has 0 amide bonds. The summed E-state index contributed by atoms with van der Waals surface area (Å²) in [4.78, 5) is 33.8. The molecule has 0 bridgehead atoms. The second-order valence-corrected chi connectivity index (χ2v) is 9.99. The van der Waals surface area contributed by atoms with E-state index in [1.165, 1.54) is 20.3 Å². The van der Waals surface area contributed by atoms with E-state index in [9.17, 15) is 9.59 Å².